The molecule has 4 heteroatoms. The molecule has 0 saturated carbocycles. The van der Waals surface area contributed by atoms with Crippen molar-refractivity contribution in [3.05, 3.63) is 57.9 Å². The molecule has 2 heterocycles. The molecule has 0 spiro atoms. The van der Waals surface area contributed by atoms with Gasteiger partial charge in [0.15, 0.2) is 0 Å². The zero-order valence-corrected chi connectivity index (χ0v) is 12.2. The summed E-state index contributed by atoms with van der Waals surface area (Å²) in [6.45, 7) is 4.28. The second kappa shape index (κ2) is 5.81. The van der Waals surface area contributed by atoms with Crippen LogP contribution in [0, 0.1) is 6.92 Å². The molecule has 1 N–H and O–H groups in total. The molecule has 104 valence electrons. The van der Waals surface area contributed by atoms with Crippen LogP contribution in [0.25, 0.3) is 0 Å². The fourth-order valence-electron chi connectivity index (χ4n) is 2.42. The van der Waals surface area contributed by atoms with Crippen LogP contribution >= 0.6 is 11.6 Å². The fraction of sp³-hybridized carbons (Fsp3) is 0.312. The normalized spacial score (nSPS) is 13.1. The third-order valence-electron chi connectivity index (χ3n) is 3.44. The standard InChI is InChI=1S/C16H17ClN2O/c1-11-2-3-12(9-19-11)8-18-10-14-7-15(17)6-13-4-5-20-16(13)14/h2-3,6-7,9,18H,4-5,8,10H2,1H3. The van der Waals surface area contributed by atoms with Gasteiger partial charge in [-0.15, -0.1) is 0 Å². The summed E-state index contributed by atoms with van der Waals surface area (Å²) in [6, 6.07) is 8.09. The molecule has 0 amide bonds. The number of nitrogens with one attached hydrogen (secondary N) is 1. The third-order valence-corrected chi connectivity index (χ3v) is 3.66. The molecule has 1 aromatic heterocycles. The third kappa shape index (κ3) is 2.94. The molecule has 1 aliphatic rings. The summed E-state index contributed by atoms with van der Waals surface area (Å²) >= 11 is 6.15. The van der Waals surface area contributed by atoms with E-state index in [1.807, 2.05) is 31.3 Å². The maximum Gasteiger partial charge on any atom is 0.127 e. The Hall–Kier alpha value is -1.58. The first kappa shape index (κ1) is 13.4. The molecule has 0 aliphatic carbocycles. The van der Waals surface area contributed by atoms with Crippen molar-refractivity contribution >= 4 is 11.6 Å². The Morgan fingerprint density at radius 1 is 1.30 bits per heavy atom. The number of hydrogen-bond acceptors (Lipinski definition) is 3. The van der Waals surface area contributed by atoms with Gasteiger partial charge in [-0.25, -0.2) is 0 Å². The summed E-state index contributed by atoms with van der Waals surface area (Å²) in [5.74, 6) is 1.00. The Labute approximate surface area is 123 Å². The van der Waals surface area contributed by atoms with E-state index in [0.717, 1.165) is 48.1 Å². The average Bonchev–Trinajstić information content (AvgIpc) is 2.89. The van der Waals surface area contributed by atoms with Gasteiger partial charge in [-0.3, -0.25) is 4.98 Å². The Bertz CT molecular complexity index is 611. The minimum Gasteiger partial charge on any atom is -0.493 e. The van der Waals surface area contributed by atoms with Gasteiger partial charge < -0.3 is 10.1 Å². The number of nitrogens with zero attached hydrogens (tertiary/aromatic N) is 1. The van der Waals surface area contributed by atoms with E-state index in [0.29, 0.717) is 0 Å². The number of aromatic nitrogens is 1. The number of aryl methyl sites for hydroxylation is 1. The summed E-state index contributed by atoms with van der Waals surface area (Å²) in [5.41, 5.74) is 4.56. The zero-order chi connectivity index (χ0) is 13.9. The lowest BCUT2D eigenvalue weighted by Crippen LogP contribution is -2.13. The smallest absolute Gasteiger partial charge is 0.127 e. The zero-order valence-electron chi connectivity index (χ0n) is 11.4. The minimum absolute atomic E-state index is 0.747. The Kier molecular flexibility index (Phi) is 3.90. The van der Waals surface area contributed by atoms with Crippen LogP contribution in [0.15, 0.2) is 30.5 Å². The number of hydrogen-bond donors (Lipinski definition) is 1. The lowest BCUT2D eigenvalue weighted by atomic mass is 10.1. The Balaban J connectivity index is 1.65. The van der Waals surface area contributed by atoms with E-state index in [2.05, 4.69) is 16.4 Å². The number of pyridine rings is 1. The van der Waals surface area contributed by atoms with Crippen LogP contribution in [0.2, 0.25) is 5.02 Å². The maximum atomic E-state index is 6.15. The van der Waals surface area contributed by atoms with E-state index >= 15 is 0 Å². The number of ether oxygens (including phenoxy) is 1. The molecule has 0 radical (unpaired) electrons. The highest BCUT2D eigenvalue weighted by Crippen LogP contribution is 2.32. The van der Waals surface area contributed by atoms with Crippen molar-refractivity contribution in [2.24, 2.45) is 0 Å². The molecule has 0 unspecified atom stereocenters. The predicted molar refractivity (Wildman–Crippen MR) is 80.2 cm³/mol. The first-order valence-electron chi connectivity index (χ1n) is 6.79. The topological polar surface area (TPSA) is 34.1 Å². The summed E-state index contributed by atoms with van der Waals surface area (Å²) in [7, 11) is 0. The van der Waals surface area contributed by atoms with E-state index in [-0.39, 0.29) is 0 Å². The molecule has 0 bridgehead atoms. The number of fused-ring (bicyclic) bond motifs is 1. The lowest BCUT2D eigenvalue weighted by Gasteiger charge is -2.10. The molecule has 0 atom stereocenters. The van der Waals surface area contributed by atoms with Crippen LogP contribution in [0.1, 0.15) is 22.4 Å². The van der Waals surface area contributed by atoms with E-state index in [1.165, 1.54) is 11.1 Å². The monoisotopic (exact) mass is 288 g/mol. The quantitative estimate of drug-likeness (QED) is 0.937. The first-order chi connectivity index (χ1) is 9.72. The summed E-state index contributed by atoms with van der Waals surface area (Å²) in [5, 5.41) is 4.20. The second-order valence-electron chi connectivity index (χ2n) is 5.06. The predicted octanol–water partition coefficient (Wildman–Crippen LogP) is 3.27. The van der Waals surface area contributed by atoms with Crippen LogP contribution in [0.3, 0.4) is 0 Å². The second-order valence-corrected chi connectivity index (χ2v) is 5.50. The molecule has 0 fully saturated rings. The summed E-state index contributed by atoms with van der Waals surface area (Å²) < 4.78 is 5.69. The van der Waals surface area contributed by atoms with Crippen molar-refractivity contribution in [3.8, 4) is 5.75 Å². The first-order valence-corrected chi connectivity index (χ1v) is 7.16. The van der Waals surface area contributed by atoms with Gasteiger partial charge in [0.1, 0.15) is 5.75 Å². The van der Waals surface area contributed by atoms with Crippen molar-refractivity contribution in [2.45, 2.75) is 26.4 Å². The van der Waals surface area contributed by atoms with Gasteiger partial charge >= 0.3 is 0 Å². The van der Waals surface area contributed by atoms with Gasteiger partial charge in [0, 0.05) is 42.0 Å². The summed E-state index contributed by atoms with van der Waals surface area (Å²) in [4.78, 5) is 4.29. The van der Waals surface area contributed by atoms with Crippen molar-refractivity contribution < 1.29 is 4.74 Å². The lowest BCUT2D eigenvalue weighted by molar-refractivity contribution is 0.352. The van der Waals surface area contributed by atoms with Crippen LogP contribution in [-0.4, -0.2) is 11.6 Å². The van der Waals surface area contributed by atoms with Gasteiger partial charge in [0.05, 0.1) is 6.61 Å². The highest BCUT2D eigenvalue weighted by atomic mass is 35.5. The van der Waals surface area contributed by atoms with Gasteiger partial charge in [-0.05, 0) is 36.2 Å². The van der Waals surface area contributed by atoms with Gasteiger partial charge in [-0.1, -0.05) is 17.7 Å². The minimum atomic E-state index is 0.747. The highest BCUT2D eigenvalue weighted by Gasteiger charge is 2.17. The number of benzene rings is 1. The number of rotatable bonds is 4. The molecule has 1 aliphatic heterocycles. The van der Waals surface area contributed by atoms with Crippen molar-refractivity contribution in [3.63, 3.8) is 0 Å². The van der Waals surface area contributed by atoms with Crippen molar-refractivity contribution in [1.29, 1.82) is 0 Å². The summed E-state index contributed by atoms with van der Waals surface area (Å²) in [6.07, 6.45) is 2.85. The molecule has 20 heavy (non-hydrogen) atoms. The molecular weight excluding hydrogens is 272 g/mol. The largest absolute Gasteiger partial charge is 0.493 e. The van der Waals surface area contributed by atoms with E-state index < -0.39 is 0 Å². The van der Waals surface area contributed by atoms with Crippen molar-refractivity contribution in [2.75, 3.05) is 6.61 Å². The molecule has 2 aromatic rings. The highest BCUT2D eigenvalue weighted by molar-refractivity contribution is 6.30. The molecule has 1 aromatic carbocycles. The average molecular weight is 289 g/mol. The SMILES string of the molecule is Cc1ccc(CNCc2cc(Cl)cc3c2OCC3)cn1. The van der Waals surface area contributed by atoms with Crippen LogP contribution in [0.4, 0.5) is 0 Å². The number of halogens is 1. The van der Waals surface area contributed by atoms with Gasteiger partial charge in [0.25, 0.3) is 0 Å². The van der Waals surface area contributed by atoms with Gasteiger partial charge in [-0.2, -0.15) is 0 Å². The van der Waals surface area contributed by atoms with E-state index in [9.17, 15) is 0 Å². The van der Waals surface area contributed by atoms with Crippen molar-refractivity contribution in [1.82, 2.24) is 10.3 Å². The van der Waals surface area contributed by atoms with Crippen LogP contribution in [0.5, 0.6) is 5.75 Å². The van der Waals surface area contributed by atoms with Crippen LogP contribution in [-0.2, 0) is 19.5 Å². The van der Waals surface area contributed by atoms with Gasteiger partial charge in [0.2, 0.25) is 0 Å². The Morgan fingerprint density at radius 3 is 3.00 bits per heavy atom. The Morgan fingerprint density at radius 2 is 2.20 bits per heavy atom. The molecule has 3 nitrogen and oxygen atoms in total. The maximum absolute atomic E-state index is 6.15. The molecular formula is C16H17ClN2O. The fourth-order valence-corrected chi connectivity index (χ4v) is 2.69. The van der Waals surface area contributed by atoms with E-state index in [4.69, 9.17) is 16.3 Å². The van der Waals surface area contributed by atoms with Crippen LogP contribution < -0.4 is 10.1 Å². The molecule has 3 rings (SSSR count). The van der Waals surface area contributed by atoms with E-state index in [1.54, 1.807) is 0 Å². The molecule has 0 saturated heterocycles.